The lowest BCUT2D eigenvalue weighted by Crippen LogP contribution is -2.36. The number of rotatable bonds is 4. The molecule has 1 amide bonds. The molecule has 2 fully saturated rings. The van der Waals surface area contributed by atoms with Crippen molar-refractivity contribution in [2.75, 3.05) is 0 Å². The Balaban J connectivity index is 1.48. The van der Waals surface area contributed by atoms with Crippen LogP contribution in [0.4, 0.5) is 0 Å². The van der Waals surface area contributed by atoms with E-state index in [1.807, 2.05) is 6.20 Å². The Hall–Kier alpha value is -1.16. The first-order valence-electron chi connectivity index (χ1n) is 7.62. The van der Waals surface area contributed by atoms with Gasteiger partial charge in [-0.25, -0.2) is 4.98 Å². The number of carbonyl (C=O) groups excluding carboxylic acids is 1. The lowest BCUT2D eigenvalue weighted by molar-refractivity contribution is -0.126. The summed E-state index contributed by atoms with van der Waals surface area (Å²) >= 11 is 1.72. The summed E-state index contributed by atoms with van der Waals surface area (Å²) in [6.07, 6.45) is 11.1. The molecule has 3 nitrogen and oxygen atoms in total. The largest absolute Gasteiger partial charge is 0.346 e. The van der Waals surface area contributed by atoms with Gasteiger partial charge in [0.1, 0.15) is 5.01 Å². The molecule has 2 bridgehead atoms. The predicted octanol–water partition coefficient (Wildman–Crippen LogP) is 3.23. The number of carbonyl (C=O) groups is 1. The minimum absolute atomic E-state index is 0.157. The van der Waals surface area contributed by atoms with E-state index in [2.05, 4.69) is 29.4 Å². The molecule has 1 N–H and O–H groups in total. The molecule has 0 radical (unpaired) electrons. The van der Waals surface area contributed by atoms with Crippen molar-refractivity contribution in [1.82, 2.24) is 10.3 Å². The van der Waals surface area contributed by atoms with Gasteiger partial charge in [0.05, 0.1) is 6.04 Å². The Bertz CT molecular complexity index is 561. The zero-order chi connectivity index (χ0) is 13.7. The van der Waals surface area contributed by atoms with Crippen LogP contribution < -0.4 is 5.32 Å². The normalized spacial score (nSPS) is 32.5. The van der Waals surface area contributed by atoms with E-state index in [4.69, 9.17) is 0 Å². The molecule has 4 rings (SSSR count). The SMILES string of the molecule is Cc1cnc([C@@H](NC(=O)[C@H]2C[C@H]3C=C[C@H]2C3)C2CC2)s1. The van der Waals surface area contributed by atoms with Crippen LogP contribution in [0, 0.1) is 30.6 Å². The summed E-state index contributed by atoms with van der Waals surface area (Å²) in [5.41, 5.74) is 0. The van der Waals surface area contributed by atoms with Crippen LogP contribution in [0.3, 0.4) is 0 Å². The number of aryl methyl sites for hydroxylation is 1. The van der Waals surface area contributed by atoms with Crippen LogP contribution in [0.15, 0.2) is 18.3 Å². The highest BCUT2D eigenvalue weighted by Gasteiger charge is 2.42. The minimum Gasteiger partial charge on any atom is -0.346 e. The van der Waals surface area contributed by atoms with Crippen LogP contribution in [0.25, 0.3) is 0 Å². The second-order valence-corrected chi connectivity index (χ2v) is 7.79. The van der Waals surface area contributed by atoms with Crippen molar-refractivity contribution >= 4 is 17.2 Å². The van der Waals surface area contributed by atoms with E-state index < -0.39 is 0 Å². The Labute approximate surface area is 123 Å². The maximum absolute atomic E-state index is 12.6. The fourth-order valence-electron chi connectivity index (χ4n) is 3.67. The highest BCUT2D eigenvalue weighted by Crippen LogP contribution is 2.45. The molecule has 0 saturated heterocycles. The molecule has 4 atom stereocenters. The summed E-state index contributed by atoms with van der Waals surface area (Å²) in [5.74, 6) is 2.20. The molecule has 3 aliphatic carbocycles. The number of allylic oxidation sites excluding steroid dienone is 2. The molecular weight excluding hydrogens is 268 g/mol. The zero-order valence-corrected chi connectivity index (χ0v) is 12.5. The van der Waals surface area contributed by atoms with Gasteiger partial charge >= 0.3 is 0 Å². The topological polar surface area (TPSA) is 42.0 Å². The number of nitrogens with one attached hydrogen (secondary N) is 1. The number of aromatic nitrogens is 1. The van der Waals surface area contributed by atoms with Crippen molar-refractivity contribution in [2.24, 2.45) is 23.7 Å². The molecule has 106 valence electrons. The fraction of sp³-hybridized carbons (Fsp3) is 0.625. The molecule has 3 aliphatic rings. The van der Waals surface area contributed by atoms with Crippen LogP contribution in [-0.2, 0) is 4.79 Å². The molecule has 20 heavy (non-hydrogen) atoms. The first kappa shape index (κ1) is 12.6. The van der Waals surface area contributed by atoms with Gasteiger partial charge < -0.3 is 5.32 Å². The van der Waals surface area contributed by atoms with E-state index in [0.717, 1.165) is 11.4 Å². The van der Waals surface area contributed by atoms with E-state index in [1.165, 1.54) is 24.1 Å². The van der Waals surface area contributed by atoms with Crippen molar-refractivity contribution in [1.29, 1.82) is 0 Å². The highest BCUT2D eigenvalue weighted by molar-refractivity contribution is 7.11. The van der Waals surface area contributed by atoms with Crippen molar-refractivity contribution < 1.29 is 4.79 Å². The van der Waals surface area contributed by atoms with Gasteiger partial charge in [-0.15, -0.1) is 11.3 Å². The second kappa shape index (κ2) is 4.69. The summed E-state index contributed by atoms with van der Waals surface area (Å²) in [4.78, 5) is 18.3. The molecule has 0 spiro atoms. The van der Waals surface area contributed by atoms with Gasteiger partial charge in [0.15, 0.2) is 0 Å². The monoisotopic (exact) mass is 288 g/mol. The highest BCUT2D eigenvalue weighted by atomic mass is 32.1. The third kappa shape index (κ3) is 2.20. The van der Waals surface area contributed by atoms with Gasteiger partial charge in [-0.05, 0) is 50.4 Å². The van der Waals surface area contributed by atoms with E-state index in [-0.39, 0.29) is 17.9 Å². The lowest BCUT2D eigenvalue weighted by atomic mass is 9.92. The summed E-state index contributed by atoms with van der Waals surface area (Å²) < 4.78 is 0. The van der Waals surface area contributed by atoms with Crippen LogP contribution in [0.1, 0.15) is 41.6 Å². The molecule has 1 heterocycles. The van der Waals surface area contributed by atoms with Crippen molar-refractivity contribution in [3.05, 3.63) is 28.2 Å². The van der Waals surface area contributed by atoms with Crippen LogP contribution in [0.2, 0.25) is 0 Å². The quantitative estimate of drug-likeness (QED) is 0.864. The summed E-state index contributed by atoms with van der Waals surface area (Å²) in [7, 11) is 0. The van der Waals surface area contributed by atoms with E-state index in [9.17, 15) is 4.79 Å². The van der Waals surface area contributed by atoms with Crippen molar-refractivity contribution in [2.45, 2.75) is 38.6 Å². The van der Waals surface area contributed by atoms with E-state index in [1.54, 1.807) is 11.3 Å². The van der Waals surface area contributed by atoms with Crippen LogP contribution in [-0.4, -0.2) is 10.9 Å². The first-order chi connectivity index (χ1) is 9.70. The van der Waals surface area contributed by atoms with Gasteiger partial charge in [0.2, 0.25) is 5.91 Å². The maximum atomic E-state index is 12.6. The fourth-order valence-corrected chi connectivity index (χ4v) is 4.59. The van der Waals surface area contributed by atoms with Crippen LogP contribution in [0.5, 0.6) is 0 Å². The molecule has 4 heteroatoms. The van der Waals surface area contributed by atoms with Crippen LogP contribution >= 0.6 is 11.3 Å². The standard InChI is InChI=1S/C16H20N2OS/c1-9-8-17-16(20-9)14(11-4-5-11)18-15(19)13-7-10-2-3-12(13)6-10/h2-3,8,10-14H,4-7H2,1H3,(H,18,19)/t10-,12-,13-,14-/m0/s1. The lowest BCUT2D eigenvalue weighted by Gasteiger charge is -2.22. The van der Waals surface area contributed by atoms with E-state index in [0.29, 0.717) is 17.8 Å². The van der Waals surface area contributed by atoms with E-state index >= 15 is 0 Å². The van der Waals surface area contributed by atoms with Gasteiger partial charge in [0.25, 0.3) is 0 Å². The average Bonchev–Trinajstić information content (AvgIpc) is 2.86. The smallest absolute Gasteiger partial charge is 0.224 e. The summed E-state index contributed by atoms with van der Waals surface area (Å²) in [6, 6.07) is 0.157. The number of amides is 1. The summed E-state index contributed by atoms with van der Waals surface area (Å²) in [6.45, 7) is 2.08. The number of thiazole rings is 1. The van der Waals surface area contributed by atoms with Gasteiger partial charge in [-0.3, -0.25) is 4.79 Å². The Morgan fingerprint density at radius 1 is 1.40 bits per heavy atom. The molecular formula is C16H20N2OS. The van der Waals surface area contributed by atoms with Gasteiger partial charge in [-0.2, -0.15) is 0 Å². The van der Waals surface area contributed by atoms with Crippen molar-refractivity contribution in [3.8, 4) is 0 Å². The molecule has 0 unspecified atom stereocenters. The predicted molar refractivity (Wildman–Crippen MR) is 79.3 cm³/mol. The summed E-state index contributed by atoms with van der Waals surface area (Å²) in [5, 5.41) is 4.40. The maximum Gasteiger partial charge on any atom is 0.224 e. The minimum atomic E-state index is 0.157. The number of nitrogens with zero attached hydrogens (tertiary/aromatic N) is 1. The van der Waals surface area contributed by atoms with Crippen molar-refractivity contribution in [3.63, 3.8) is 0 Å². The molecule has 1 aromatic heterocycles. The first-order valence-corrected chi connectivity index (χ1v) is 8.43. The Morgan fingerprint density at radius 2 is 2.25 bits per heavy atom. The Morgan fingerprint density at radius 3 is 2.80 bits per heavy atom. The van der Waals surface area contributed by atoms with Gasteiger partial charge in [-0.1, -0.05) is 12.2 Å². The van der Waals surface area contributed by atoms with Gasteiger partial charge in [0, 0.05) is 17.0 Å². The zero-order valence-electron chi connectivity index (χ0n) is 11.7. The molecule has 2 saturated carbocycles. The molecule has 0 aromatic carbocycles. The number of fused-ring (bicyclic) bond motifs is 2. The molecule has 1 aromatic rings. The second-order valence-electron chi connectivity index (χ2n) is 6.52. The Kier molecular flexibility index (Phi) is 2.95. The third-order valence-corrected chi connectivity index (χ3v) is 5.91. The molecule has 0 aliphatic heterocycles. The average molecular weight is 288 g/mol. The number of hydrogen-bond donors (Lipinski definition) is 1. The third-order valence-electron chi connectivity index (χ3n) is 4.91. The number of hydrogen-bond acceptors (Lipinski definition) is 3.